The summed E-state index contributed by atoms with van der Waals surface area (Å²) in [6, 6.07) is 5.33. The number of carbonyl (C=O) groups excluding carboxylic acids is 1. The predicted octanol–water partition coefficient (Wildman–Crippen LogP) is 3.61. The number of aromatic nitrogens is 1. The molecule has 1 amide bonds. The second-order valence-corrected chi connectivity index (χ2v) is 6.62. The van der Waals surface area contributed by atoms with E-state index in [1.807, 2.05) is 17.5 Å². The summed E-state index contributed by atoms with van der Waals surface area (Å²) >= 11 is 7.37. The Hall–Kier alpha value is -1.59. The van der Waals surface area contributed by atoms with Gasteiger partial charge in [-0.05, 0) is 29.9 Å². The molecule has 1 unspecified atom stereocenters. The lowest BCUT2D eigenvalue weighted by molar-refractivity contribution is 0.0932. The van der Waals surface area contributed by atoms with Crippen LogP contribution < -0.4 is 10.9 Å². The standard InChI is InChI=1S/C15H17ClN2O2S/c1-9(2)6-12(13-4-3-5-21-13)18-14(19)10-7-11(16)15(20)17-8-10/h3-5,7-9,12H,6H2,1-2H3,(H,17,20)(H,18,19). The molecule has 0 saturated heterocycles. The zero-order valence-corrected chi connectivity index (χ0v) is 13.4. The lowest BCUT2D eigenvalue weighted by Gasteiger charge is -2.19. The number of nitrogens with one attached hydrogen (secondary N) is 2. The predicted molar refractivity (Wildman–Crippen MR) is 86.1 cm³/mol. The summed E-state index contributed by atoms with van der Waals surface area (Å²) in [5.41, 5.74) is -0.0462. The zero-order chi connectivity index (χ0) is 15.4. The first-order valence-corrected chi connectivity index (χ1v) is 7.95. The summed E-state index contributed by atoms with van der Waals surface area (Å²) in [6.45, 7) is 4.23. The van der Waals surface area contributed by atoms with Crippen molar-refractivity contribution < 1.29 is 4.79 Å². The Balaban J connectivity index is 2.17. The summed E-state index contributed by atoms with van der Waals surface area (Å²) in [5.74, 6) is 0.212. The number of hydrogen-bond acceptors (Lipinski definition) is 3. The monoisotopic (exact) mass is 324 g/mol. The molecule has 0 aromatic carbocycles. The molecule has 21 heavy (non-hydrogen) atoms. The summed E-state index contributed by atoms with van der Waals surface area (Å²) in [5, 5.41) is 5.01. The Morgan fingerprint density at radius 1 is 1.48 bits per heavy atom. The van der Waals surface area contributed by atoms with E-state index in [0.717, 1.165) is 11.3 Å². The average molecular weight is 325 g/mol. The van der Waals surface area contributed by atoms with E-state index in [9.17, 15) is 9.59 Å². The van der Waals surface area contributed by atoms with Crippen LogP contribution in [0, 0.1) is 5.92 Å². The topological polar surface area (TPSA) is 62.0 Å². The molecule has 0 aliphatic carbocycles. The third kappa shape index (κ3) is 4.19. The molecule has 0 spiro atoms. The molecule has 112 valence electrons. The fourth-order valence-electron chi connectivity index (χ4n) is 2.04. The second-order valence-electron chi connectivity index (χ2n) is 5.24. The first-order valence-electron chi connectivity index (χ1n) is 6.70. The third-order valence-electron chi connectivity index (χ3n) is 3.02. The van der Waals surface area contributed by atoms with E-state index in [1.54, 1.807) is 11.3 Å². The van der Waals surface area contributed by atoms with E-state index in [2.05, 4.69) is 24.1 Å². The SMILES string of the molecule is CC(C)CC(NC(=O)c1c[nH]c(=O)c(Cl)c1)c1cccs1. The van der Waals surface area contributed by atoms with Crippen molar-refractivity contribution in [2.45, 2.75) is 26.3 Å². The van der Waals surface area contributed by atoms with Gasteiger partial charge in [-0.2, -0.15) is 0 Å². The molecule has 2 heterocycles. The van der Waals surface area contributed by atoms with Crippen molar-refractivity contribution in [3.05, 3.63) is 55.6 Å². The molecule has 2 N–H and O–H groups in total. The molecule has 1 atom stereocenters. The van der Waals surface area contributed by atoms with E-state index in [4.69, 9.17) is 11.6 Å². The summed E-state index contributed by atoms with van der Waals surface area (Å²) in [6.07, 6.45) is 2.23. The largest absolute Gasteiger partial charge is 0.344 e. The van der Waals surface area contributed by atoms with Gasteiger partial charge in [0.25, 0.3) is 11.5 Å². The highest BCUT2D eigenvalue weighted by molar-refractivity contribution is 7.10. The Morgan fingerprint density at radius 3 is 2.81 bits per heavy atom. The fourth-order valence-corrected chi connectivity index (χ4v) is 3.00. The van der Waals surface area contributed by atoms with Crippen LogP contribution in [0.2, 0.25) is 5.02 Å². The van der Waals surface area contributed by atoms with Crippen LogP contribution in [0.15, 0.2) is 34.6 Å². The minimum absolute atomic E-state index is 0.0131. The molecule has 0 aliphatic rings. The molecule has 2 aromatic rings. The van der Waals surface area contributed by atoms with Gasteiger partial charge >= 0.3 is 0 Å². The van der Waals surface area contributed by atoms with Crippen LogP contribution >= 0.6 is 22.9 Å². The van der Waals surface area contributed by atoms with E-state index >= 15 is 0 Å². The van der Waals surface area contributed by atoms with Crippen molar-refractivity contribution >= 4 is 28.8 Å². The van der Waals surface area contributed by atoms with Gasteiger partial charge in [0.05, 0.1) is 11.6 Å². The molecule has 0 fully saturated rings. The van der Waals surface area contributed by atoms with Crippen LogP contribution in [-0.2, 0) is 0 Å². The van der Waals surface area contributed by atoms with Crippen LogP contribution in [0.1, 0.15) is 41.5 Å². The Kier molecular flexibility index (Phi) is 5.20. The van der Waals surface area contributed by atoms with E-state index in [-0.39, 0.29) is 17.0 Å². The van der Waals surface area contributed by atoms with Gasteiger partial charge in [0, 0.05) is 11.1 Å². The fraction of sp³-hybridized carbons (Fsp3) is 0.333. The maximum absolute atomic E-state index is 12.3. The Bertz CT molecular complexity index is 665. The maximum atomic E-state index is 12.3. The zero-order valence-electron chi connectivity index (χ0n) is 11.9. The van der Waals surface area contributed by atoms with Crippen molar-refractivity contribution in [3.63, 3.8) is 0 Å². The number of carbonyl (C=O) groups is 1. The average Bonchev–Trinajstić information content (AvgIpc) is 2.94. The van der Waals surface area contributed by atoms with Gasteiger partial charge in [-0.3, -0.25) is 9.59 Å². The van der Waals surface area contributed by atoms with Crippen molar-refractivity contribution in [1.29, 1.82) is 0 Å². The van der Waals surface area contributed by atoms with Crippen LogP contribution in [0.25, 0.3) is 0 Å². The van der Waals surface area contributed by atoms with Crippen molar-refractivity contribution in [3.8, 4) is 0 Å². The number of halogens is 1. The van der Waals surface area contributed by atoms with Gasteiger partial charge in [0.15, 0.2) is 0 Å². The van der Waals surface area contributed by atoms with E-state index in [0.29, 0.717) is 11.5 Å². The molecule has 4 nitrogen and oxygen atoms in total. The molecule has 0 bridgehead atoms. The van der Waals surface area contributed by atoms with E-state index in [1.165, 1.54) is 12.3 Å². The minimum atomic E-state index is -0.398. The lowest BCUT2D eigenvalue weighted by Crippen LogP contribution is -2.29. The third-order valence-corrected chi connectivity index (χ3v) is 4.29. The first kappa shape index (κ1) is 15.8. The number of H-pyrrole nitrogens is 1. The molecular formula is C15H17ClN2O2S. The summed E-state index contributed by atoms with van der Waals surface area (Å²) in [4.78, 5) is 27.1. The van der Waals surface area contributed by atoms with Crippen molar-refractivity contribution in [1.82, 2.24) is 10.3 Å². The molecule has 0 radical (unpaired) electrons. The molecule has 0 saturated carbocycles. The van der Waals surface area contributed by atoms with Crippen LogP contribution in [-0.4, -0.2) is 10.9 Å². The molecule has 6 heteroatoms. The van der Waals surface area contributed by atoms with Gasteiger partial charge in [-0.1, -0.05) is 31.5 Å². The smallest absolute Gasteiger partial charge is 0.266 e. The van der Waals surface area contributed by atoms with Gasteiger partial charge in [-0.15, -0.1) is 11.3 Å². The second kappa shape index (κ2) is 6.91. The van der Waals surface area contributed by atoms with Crippen molar-refractivity contribution in [2.24, 2.45) is 5.92 Å². The first-order chi connectivity index (χ1) is 9.97. The Morgan fingerprint density at radius 2 is 2.24 bits per heavy atom. The highest BCUT2D eigenvalue weighted by Gasteiger charge is 2.18. The number of aromatic amines is 1. The minimum Gasteiger partial charge on any atom is -0.344 e. The van der Waals surface area contributed by atoms with Crippen LogP contribution in [0.4, 0.5) is 0 Å². The highest BCUT2D eigenvalue weighted by Crippen LogP contribution is 2.25. The van der Waals surface area contributed by atoms with Crippen molar-refractivity contribution in [2.75, 3.05) is 0 Å². The lowest BCUT2D eigenvalue weighted by atomic mass is 10.0. The number of amides is 1. The molecule has 2 rings (SSSR count). The quantitative estimate of drug-likeness (QED) is 0.882. The van der Waals surface area contributed by atoms with E-state index < -0.39 is 5.56 Å². The molecular weight excluding hydrogens is 308 g/mol. The van der Waals surface area contributed by atoms with Gasteiger partial charge < -0.3 is 10.3 Å². The van der Waals surface area contributed by atoms with Crippen LogP contribution in [0.3, 0.4) is 0 Å². The summed E-state index contributed by atoms with van der Waals surface area (Å²) < 4.78 is 0. The number of hydrogen-bond donors (Lipinski definition) is 2. The van der Waals surface area contributed by atoms with Gasteiger partial charge in [0.2, 0.25) is 0 Å². The van der Waals surface area contributed by atoms with Gasteiger partial charge in [0.1, 0.15) is 5.02 Å². The number of pyridine rings is 1. The van der Waals surface area contributed by atoms with Crippen LogP contribution in [0.5, 0.6) is 0 Å². The maximum Gasteiger partial charge on any atom is 0.266 e. The molecule has 2 aromatic heterocycles. The normalized spacial score (nSPS) is 12.4. The Labute approximate surface area is 132 Å². The van der Waals surface area contributed by atoms with Gasteiger partial charge in [-0.25, -0.2) is 0 Å². The summed E-state index contributed by atoms with van der Waals surface area (Å²) in [7, 11) is 0. The number of rotatable bonds is 5. The highest BCUT2D eigenvalue weighted by atomic mass is 35.5. The molecule has 0 aliphatic heterocycles. The number of thiophene rings is 1.